The third-order valence-corrected chi connectivity index (χ3v) is 24.6. The van der Waals surface area contributed by atoms with E-state index in [2.05, 4.69) is 82.0 Å². The molecule has 0 aliphatic carbocycles. The number of thiazole rings is 1. The van der Waals surface area contributed by atoms with E-state index in [4.69, 9.17) is 23.2 Å². The Balaban J connectivity index is 0.000000206. The van der Waals surface area contributed by atoms with Crippen LogP contribution in [0.1, 0.15) is 66.4 Å². The number of rotatable bonds is 22. The average Bonchev–Trinajstić information content (AvgIpc) is 0.883. The SMILES string of the molecule is CC(C)C[C@H](C(=O)N1CCN(c2ccc(S(=O)(=O)Cc3nccs3)cc2)C(=O)C1)N1CCCc2cc(Cl)ccc21.CN(CC(=O)N1CCN(c2ccc(S(=O)(=O)Nc3ccncn3)cc2)CC1)c1ccc(Cl)cc1.C[C@H](CC(=O)N1CCN(c2ccc(S(=O)(=O)Nc3ccncn3)cc2)CC1)c1ccccc1.[HH].[HH].[HH]. The molecule has 25 nitrogen and oxygen atoms in total. The van der Waals surface area contributed by atoms with Gasteiger partial charge in [0.25, 0.3) is 20.0 Å². The maximum Gasteiger partial charge on any atom is 0.263 e. The number of hydrogen-bond donors (Lipinski definition) is 2. The highest BCUT2D eigenvalue weighted by molar-refractivity contribution is 7.93. The summed E-state index contributed by atoms with van der Waals surface area (Å²) in [7, 11) is -9.13. The van der Waals surface area contributed by atoms with E-state index in [9.17, 15) is 44.4 Å². The highest BCUT2D eigenvalue weighted by atomic mass is 35.5. The van der Waals surface area contributed by atoms with E-state index in [-0.39, 0.29) is 85.0 Å². The molecule has 7 heterocycles. The molecule has 4 aliphatic rings. The molecule has 3 saturated heterocycles. The van der Waals surface area contributed by atoms with Gasteiger partial charge in [-0.25, -0.2) is 50.2 Å². The molecule has 0 bridgehead atoms. The molecular weight excluding hydrogens is 1480 g/mol. The summed E-state index contributed by atoms with van der Waals surface area (Å²) < 4.78 is 80.7. The van der Waals surface area contributed by atoms with Crippen molar-refractivity contribution in [3.8, 4) is 0 Å². The van der Waals surface area contributed by atoms with Crippen molar-refractivity contribution in [1.82, 2.24) is 39.6 Å². The van der Waals surface area contributed by atoms with Gasteiger partial charge in [-0.1, -0.05) is 74.3 Å². The van der Waals surface area contributed by atoms with Gasteiger partial charge in [-0.2, -0.15) is 0 Å². The normalized spacial score (nSPS) is 15.4. The van der Waals surface area contributed by atoms with E-state index in [0.717, 1.165) is 47.7 Å². The quantitative estimate of drug-likeness (QED) is 0.0637. The summed E-state index contributed by atoms with van der Waals surface area (Å²) in [6.07, 6.45) is 10.1. The molecule has 107 heavy (non-hydrogen) atoms. The molecule has 0 radical (unpaired) electrons. The zero-order valence-corrected chi connectivity index (χ0v) is 64.5. The van der Waals surface area contributed by atoms with Crippen LogP contribution in [0.5, 0.6) is 0 Å². The van der Waals surface area contributed by atoms with Gasteiger partial charge in [0.1, 0.15) is 47.6 Å². The molecule has 0 saturated carbocycles. The number of carbonyl (C=O) groups excluding carboxylic acids is 4. The molecule has 6 aromatic carbocycles. The highest BCUT2D eigenvalue weighted by Gasteiger charge is 2.37. The van der Waals surface area contributed by atoms with Crippen LogP contribution in [-0.2, 0) is 61.2 Å². The number of nitrogens with zero attached hydrogens (tertiary/aromatic N) is 13. The van der Waals surface area contributed by atoms with Gasteiger partial charge in [0.05, 0.1) is 21.2 Å². The Labute approximate surface area is 643 Å². The summed E-state index contributed by atoms with van der Waals surface area (Å²) in [4.78, 5) is 88.0. The molecule has 31 heteroatoms. The van der Waals surface area contributed by atoms with Gasteiger partial charge in [0.2, 0.25) is 23.6 Å². The number of benzene rings is 6. The number of carbonyl (C=O) groups is 4. The van der Waals surface area contributed by atoms with Crippen molar-refractivity contribution in [2.75, 3.05) is 126 Å². The maximum absolute atomic E-state index is 13.9. The number of sulfone groups is 1. The van der Waals surface area contributed by atoms with Crippen LogP contribution in [0.2, 0.25) is 10.0 Å². The molecule has 0 spiro atoms. The smallest absolute Gasteiger partial charge is 0.263 e. The Morgan fingerprint density at radius 3 is 1.64 bits per heavy atom. The summed E-state index contributed by atoms with van der Waals surface area (Å²) in [6, 6.07) is 45.8. The minimum Gasteiger partial charge on any atom is -0.368 e. The first-order valence-electron chi connectivity index (χ1n) is 35.1. The molecule has 9 aromatic rings. The first-order valence-corrected chi connectivity index (χ1v) is 41.3. The van der Waals surface area contributed by atoms with Crippen molar-refractivity contribution >= 4 is 128 Å². The molecule has 13 rings (SSSR count). The van der Waals surface area contributed by atoms with E-state index >= 15 is 0 Å². The van der Waals surface area contributed by atoms with Gasteiger partial charge in [-0.15, -0.1) is 11.3 Å². The minimum atomic E-state index is -3.74. The number of hydrogen-bond acceptors (Lipinski definition) is 20. The number of piperazine rings is 3. The Bertz CT molecular complexity index is 4850. The number of likely N-dealkylation sites (N-methyl/N-ethyl adjacent to an activating group) is 1. The molecule has 4 amide bonds. The van der Waals surface area contributed by atoms with Crippen LogP contribution in [0.4, 0.5) is 40.1 Å². The number of anilines is 7. The van der Waals surface area contributed by atoms with Crippen LogP contribution in [0.25, 0.3) is 0 Å². The predicted molar refractivity (Wildman–Crippen MR) is 425 cm³/mol. The molecule has 3 fully saturated rings. The zero-order chi connectivity index (χ0) is 75.8. The van der Waals surface area contributed by atoms with E-state index in [1.807, 2.05) is 70.3 Å². The predicted octanol–water partition coefficient (Wildman–Crippen LogP) is 11.4. The highest BCUT2D eigenvalue weighted by Crippen LogP contribution is 2.35. The zero-order valence-electron chi connectivity index (χ0n) is 59.7. The summed E-state index contributed by atoms with van der Waals surface area (Å²) in [5.74, 6) is 0.766. The second-order valence-corrected chi connectivity index (χ2v) is 33.9. The van der Waals surface area contributed by atoms with Crippen molar-refractivity contribution in [1.29, 1.82) is 0 Å². The van der Waals surface area contributed by atoms with E-state index in [1.54, 1.807) is 94.2 Å². The third kappa shape index (κ3) is 20.9. The molecule has 0 unspecified atom stereocenters. The summed E-state index contributed by atoms with van der Waals surface area (Å²) in [5.41, 5.74) is 6.76. The fourth-order valence-electron chi connectivity index (χ4n) is 13.1. The third-order valence-electron chi connectivity index (χ3n) is 18.8. The van der Waals surface area contributed by atoms with Crippen molar-refractivity contribution in [3.05, 3.63) is 221 Å². The Hall–Kier alpha value is -9.78. The number of aryl methyl sites for hydroxylation is 1. The van der Waals surface area contributed by atoms with Gasteiger partial charge in [0.15, 0.2) is 9.84 Å². The summed E-state index contributed by atoms with van der Waals surface area (Å²) in [5, 5.41) is 3.63. The van der Waals surface area contributed by atoms with Crippen LogP contribution in [-0.4, -0.2) is 187 Å². The van der Waals surface area contributed by atoms with Crippen LogP contribution >= 0.6 is 34.5 Å². The monoisotopic (exact) mass is 1570 g/mol. The largest absolute Gasteiger partial charge is 0.368 e. The molecule has 2 N–H and O–H groups in total. The van der Waals surface area contributed by atoms with E-state index < -0.39 is 29.9 Å². The maximum atomic E-state index is 13.9. The Morgan fingerprint density at radius 1 is 0.579 bits per heavy atom. The number of fused-ring (bicyclic) bond motifs is 1. The van der Waals surface area contributed by atoms with E-state index in [1.165, 1.54) is 66.2 Å². The van der Waals surface area contributed by atoms with Crippen molar-refractivity contribution in [2.45, 2.75) is 78.9 Å². The second kappa shape index (κ2) is 35.7. The number of halogens is 2. The molecule has 568 valence electrons. The lowest BCUT2D eigenvalue weighted by molar-refractivity contribution is -0.138. The van der Waals surface area contributed by atoms with Crippen LogP contribution in [0.3, 0.4) is 0 Å². The van der Waals surface area contributed by atoms with Crippen molar-refractivity contribution < 1.29 is 48.7 Å². The number of aromatic nitrogens is 5. The number of amides is 4. The first-order chi connectivity index (χ1) is 51.4. The number of nitrogens with one attached hydrogen (secondary N) is 2. The van der Waals surface area contributed by atoms with Gasteiger partial charge in [-0.3, -0.25) is 28.6 Å². The Morgan fingerprint density at radius 2 is 1.11 bits per heavy atom. The molecule has 4 aliphatic heterocycles. The Kier molecular flexibility index (Phi) is 26.2. The van der Waals surface area contributed by atoms with Gasteiger partial charge in [-0.05, 0) is 170 Å². The molecular formula is C76H91Cl2N15O10S4. The summed E-state index contributed by atoms with van der Waals surface area (Å²) >= 11 is 13.5. The summed E-state index contributed by atoms with van der Waals surface area (Å²) in [6.45, 7) is 13.3. The van der Waals surface area contributed by atoms with E-state index in [0.29, 0.717) is 105 Å². The van der Waals surface area contributed by atoms with Crippen molar-refractivity contribution in [2.24, 2.45) is 5.92 Å². The second-order valence-electron chi connectivity index (χ2n) is 26.7. The molecule has 3 aromatic heterocycles. The van der Waals surface area contributed by atoms with Gasteiger partial charge < -0.3 is 39.2 Å². The minimum absolute atomic E-state index is 0. The molecule has 2 atom stereocenters. The fourth-order valence-corrected chi connectivity index (χ4v) is 17.6. The number of sulfonamides is 2. The van der Waals surface area contributed by atoms with Crippen LogP contribution in [0.15, 0.2) is 209 Å². The lowest BCUT2D eigenvalue weighted by Gasteiger charge is -2.42. The topological polar surface area (TPSA) is 285 Å². The van der Waals surface area contributed by atoms with Gasteiger partial charge >= 0.3 is 0 Å². The van der Waals surface area contributed by atoms with Crippen molar-refractivity contribution in [3.63, 3.8) is 0 Å². The first kappa shape index (κ1) is 78.3. The van der Waals surface area contributed by atoms with Crippen LogP contribution < -0.4 is 33.9 Å². The lowest BCUT2D eigenvalue weighted by Crippen LogP contribution is -2.58. The average molecular weight is 1570 g/mol. The standard InChI is InChI=1S/C29H33ClN4O4S2.C24H27N5O3S.C23H25ClN6O3S.3H2/c1-20(2)16-26(34-12-3-4-21-17-22(30)5-10-25(21)34)29(36)32-13-14-33(28(35)18-32)23-6-8-24(9-7-23)40(37,38)19-27-31-11-15-39-27;1-19(20-5-3-2-4-6-20)17-24(30)29-15-13-28(14-16-29)21-7-9-22(10-8-21)33(31,32)27-23-11-12-25-18-26-23;1-28(19-4-2-18(24)3-5-19)16-23(31)30-14-12-29(13-15-30)20-6-8-21(9-7-20)34(32,33)27-22-10-11-25-17-26-22;;;/h5-11,15,17,20,26H,3-4,12-14,16,18-19H2,1-2H3;2-12,18-19H,13-17H2,1H3,(H,25,26,27);2-11,17H,12-16H2,1H3,(H,25,26,27);3*1H/t26-;19-;;;;/m11..../s1. The van der Waals surface area contributed by atoms with Crippen LogP contribution in [0, 0.1) is 5.92 Å². The lowest BCUT2D eigenvalue weighted by atomic mass is 9.95. The van der Waals surface area contributed by atoms with Gasteiger partial charge in [0, 0.05) is 152 Å². The fraction of sp³-hybridized carbons (Fsp3) is 0.329.